The van der Waals surface area contributed by atoms with Gasteiger partial charge < -0.3 is 10.2 Å². The van der Waals surface area contributed by atoms with Crippen molar-refractivity contribution in [2.24, 2.45) is 17.8 Å². The maximum absolute atomic E-state index is 13.0. The number of nitrogens with one attached hydrogen (secondary N) is 2. The minimum Gasteiger partial charge on any atom is -0.322 e. The van der Waals surface area contributed by atoms with Crippen LogP contribution in [0.3, 0.4) is 0 Å². The lowest BCUT2D eigenvalue weighted by molar-refractivity contribution is -0.136. The number of piperidine rings is 1. The van der Waals surface area contributed by atoms with Gasteiger partial charge in [-0.2, -0.15) is 0 Å². The van der Waals surface area contributed by atoms with Crippen molar-refractivity contribution in [2.45, 2.75) is 100 Å². The van der Waals surface area contributed by atoms with Crippen molar-refractivity contribution in [3.8, 4) is 0 Å². The maximum Gasteiger partial charge on any atom is 0.255 e. The zero-order valence-corrected chi connectivity index (χ0v) is 22.0. The first-order valence-electron chi connectivity index (χ1n) is 14.1. The summed E-state index contributed by atoms with van der Waals surface area (Å²) in [5.41, 5.74) is 2.23. The Balaban J connectivity index is 0.926. The second-order valence-corrected chi connectivity index (χ2v) is 13.2. The highest BCUT2D eigenvalue weighted by atomic mass is 32.2. The highest BCUT2D eigenvalue weighted by molar-refractivity contribution is 7.99. The molecule has 2 aliphatic heterocycles. The molecule has 2 N–H and O–H groups in total. The number of carbonyl (C=O) groups is 3. The van der Waals surface area contributed by atoms with Crippen molar-refractivity contribution >= 4 is 29.5 Å². The van der Waals surface area contributed by atoms with Crippen LogP contribution in [0, 0.1) is 17.8 Å². The van der Waals surface area contributed by atoms with Gasteiger partial charge in [0, 0.05) is 29.0 Å². The molecule has 0 spiro atoms. The molecule has 4 aliphatic carbocycles. The van der Waals surface area contributed by atoms with Crippen LogP contribution in [-0.2, 0) is 16.1 Å². The monoisotopic (exact) mass is 509 g/mol. The zero-order valence-electron chi connectivity index (χ0n) is 21.2. The molecule has 0 aromatic heterocycles. The van der Waals surface area contributed by atoms with E-state index in [1.807, 2.05) is 23.9 Å². The lowest BCUT2D eigenvalue weighted by Gasteiger charge is -2.57. The summed E-state index contributed by atoms with van der Waals surface area (Å²) in [6, 6.07) is 5.36. The molecule has 194 valence electrons. The van der Waals surface area contributed by atoms with Crippen LogP contribution in [0.2, 0.25) is 0 Å². The van der Waals surface area contributed by atoms with Gasteiger partial charge in [0.2, 0.25) is 11.8 Å². The fourth-order valence-electron chi connectivity index (χ4n) is 8.14. The van der Waals surface area contributed by atoms with Crippen molar-refractivity contribution in [1.82, 2.24) is 15.5 Å². The Morgan fingerprint density at radius 1 is 0.972 bits per heavy atom. The van der Waals surface area contributed by atoms with Crippen LogP contribution in [0.5, 0.6) is 0 Å². The molecular weight excluding hydrogens is 470 g/mol. The number of hydrogen-bond acceptors (Lipinski definition) is 5. The van der Waals surface area contributed by atoms with Gasteiger partial charge in [0.05, 0.1) is 0 Å². The summed E-state index contributed by atoms with van der Waals surface area (Å²) in [5.74, 6) is 3.38. The minimum absolute atomic E-state index is 0.0894. The van der Waals surface area contributed by atoms with Crippen molar-refractivity contribution < 1.29 is 14.4 Å². The van der Waals surface area contributed by atoms with E-state index in [1.54, 1.807) is 4.90 Å². The second-order valence-electron chi connectivity index (χ2n) is 12.1. The summed E-state index contributed by atoms with van der Waals surface area (Å²) in [4.78, 5) is 39.6. The maximum atomic E-state index is 13.0. The molecule has 1 unspecified atom stereocenters. The molecule has 1 aromatic carbocycles. The SMILES string of the molecule is O=C1CCC(N2Cc3c(SCCCCCCNC45CC6CC(CC(C6)C4)C5)cccc3C2=O)C(=O)N1. The highest BCUT2D eigenvalue weighted by Gasteiger charge is 2.50. The van der Waals surface area contributed by atoms with E-state index in [2.05, 4.69) is 16.7 Å². The standard InChI is InChI=1S/C29H39N3O3S/c33-26-9-8-24(27(34)31-26)32-18-23-22(28(32)35)6-5-7-25(23)36-11-4-2-1-3-10-30-29-15-19-12-20(16-29)14-21(13-19)17-29/h5-7,19-21,24,30H,1-4,8-18H2,(H,31,33,34). The van der Waals surface area contributed by atoms with Gasteiger partial charge in [-0.25, -0.2) is 0 Å². The first-order valence-corrected chi connectivity index (χ1v) is 15.1. The summed E-state index contributed by atoms with van der Waals surface area (Å²) in [5, 5.41) is 6.41. The van der Waals surface area contributed by atoms with E-state index in [1.165, 1.54) is 70.8 Å². The third-order valence-corrected chi connectivity index (χ3v) is 10.6. The third-order valence-electron chi connectivity index (χ3n) is 9.41. The number of unbranched alkanes of at least 4 members (excludes halogenated alkanes) is 3. The summed E-state index contributed by atoms with van der Waals surface area (Å²) in [6.07, 6.45) is 14.5. The molecule has 4 bridgehead atoms. The number of amides is 3. The van der Waals surface area contributed by atoms with E-state index in [-0.39, 0.29) is 24.1 Å². The number of benzene rings is 1. The molecule has 7 rings (SSSR count). The topological polar surface area (TPSA) is 78.5 Å². The Hall–Kier alpha value is -1.86. The van der Waals surface area contributed by atoms with Crippen LogP contribution >= 0.6 is 11.8 Å². The van der Waals surface area contributed by atoms with Gasteiger partial charge in [0.1, 0.15) is 6.04 Å². The molecule has 7 heteroatoms. The molecule has 6 aliphatic rings. The summed E-state index contributed by atoms with van der Waals surface area (Å²) < 4.78 is 0. The summed E-state index contributed by atoms with van der Waals surface area (Å²) in [6.45, 7) is 1.63. The lowest BCUT2D eigenvalue weighted by Crippen LogP contribution is -2.58. The molecule has 5 fully saturated rings. The smallest absolute Gasteiger partial charge is 0.255 e. The van der Waals surface area contributed by atoms with Crippen LogP contribution < -0.4 is 10.6 Å². The average molecular weight is 510 g/mol. The molecule has 4 saturated carbocycles. The predicted molar refractivity (Wildman–Crippen MR) is 141 cm³/mol. The van der Waals surface area contributed by atoms with Crippen molar-refractivity contribution in [3.05, 3.63) is 29.3 Å². The van der Waals surface area contributed by atoms with Crippen LogP contribution in [0.4, 0.5) is 0 Å². The quantitative estimate of drug-likeness (QED) is 0.273. The first kappa shape index (κ1) is 24.5. The molecule has 1 aromatic rings. The number of imide groups is 1. The number of carbonyl (C=O) groups excluding carboxylic acids is 3. The van der Waals surface area contributed by atoms with Crippen LogP contribution in [0.15, 0.2) is 23.1 Å². The normalized spacial score (nSPS) is 32.8. The summed E-state index contributed by atoms with van der Waals surface area (Å²) >= 11 is 1.83. The molecule has 6 nitrogen and oxygen atoms in total. The van der Waals surface area contributed by atoms with E-state index in [0.29, 0.717) is 24.1 Å². The Kier molecular flexibility index (Phi) is 6.89. The van der Waals surface area contributed by atoms with Crippen molar-refractivity contribution in [2.75, 3.05) is 12.3 Å². The fraction of sp³-hybridized carbons (Fsp3) is 0.690. The Bertz CT molecular complexity index is 1010. The van der Waals surface area contributed by atoms with Gasteiger partial charge in [-0.05, 0) is 106 Å². The van der Waals surface area contributed by atoms with Crippen LogP contribution in [0.25, 0.3) is 0 Å². The fourth-order valence-corrected chi connectivity index (χ4v) is 9.23. The first-order chi connectivity index (χ1) is 17.5. The molecule has 0 radical (unpaired) electrons. The minimum atomic E-state index is -0.549. The summed E-state index contributed by atoms with van der Waals surface area (Å²) in [7, 11) is 0. The van der Waals surface area contributed by atoms with Gasteiger partial charge in [0.15, 0.2) is 0 Å². The van der Waals surface area contributed by atoms with E-state index in [4.69, 9.17) is 0 Å². The Morgan fingerprint density at radius 3 is 2.42 bits per heavy atom. The van der Waals surface area contributed by atoms with E-state index in [0.717, 1.165) is 34.0 Å². The number of rotatable bonds is 10. The number of thioether (sulfide) groups is 1. The Morgan fingerprint density at radius 2 is 1.69 bits per heavy atom. The number of nitrogens with zero attached hydrogens (tertiary/aromatic N) is 1. The zero-order chi connectivity index (χ0) is 24.7. The lowest BCUT2D eigenvalue weighted by atomic mass is 9.53. The van der Waals surface area contributed by atoms with Gasteiger partial charge in [-0.3, -0.25) is 19.7 Å². The van der Waals surface area contributed by atoms with Crippen LogP contribution in [0.1, 0.15) is 93.0 Å². The highest BCUT2D eigenvalue weighted by Crippen LogP contribution is 2.55. The molecule has 36 heavy (non-hydrogen) atoms. The predicted octanol–water partition coefficient (Wildman–Crippen LogP) is 4.66. The average Bonchev–Trinajstić information content (AvgIpc) is 3.17. The second kappa shape index (κ2) is 10.1. The van der Waals surface area contributed by atoms with Crippen molar-refractivity contribution in [1.29, 1.82) is 0 Å². The number of hydrogen-bond donors (Lipinski definition) is 2. The molecule has 2 heterocycles. The van der Waals surface area contributed by atoms with E-state index in [9.17, 15) is 14.4 Å². The van der Waals surface area contributed by atoms with E-state index >= 15 is 0 Å². The van der Waals surface area contributed by atoms with Crippen molar-refractivity contribution in [3.63, 3.8) is 0 Å². The third kappa shape index (κ3) is 4.85. The van der Waals surface area contributed by atoms with Crippen LogP contribution in [-0.4, -0.2) is 46.5 Å². The molecular formula is C29H39N3O3S. The molecule has 1 atom stereocenters. The largest absolute Gasteiger partial charge is 0.322 e. The van der Waals surface area contributed by atoms with Gasteiger partial charge in [-0.1, -0.05) is 18.9 Å². The molecule has 1 saturated heterocycles. The Labute approximate surface area is 218 Å². The van der Waals surface area contributed by atoms with Gasteiger partial charge in [-0.15, -0.1) is 11.8 Å². The van der Waals surface area contributed by atoms with Gasteiger partial charge >= 0.3 is 0 Å². The van der Waals surface area contributed by atoms with E-state index < -0.39 is 6.04 Å². The number of fused-ring (bicyclic) bond motifs is 1. The molecule has 3 amide bonds. The van der Waals surface area contributed by atoms with Gasteiger partial charge in [0.25, 0.3) is 5.91 Å².